The molecule has 3 aliphatic rings. The minimum atomic E-state index is -2.99. The number of ether oxygens (including phenoxy) is 1. The number of primary amides is 1. The van der Waals surface area contributed by atoms with Gasteiger partial charge in [-0.25, -0.2) is 4.79 Å². The van der Waals surface area contributed by atoms with Gasteiger partial charge in [0.2, 0.25) is 5.78 Å². The number of fused-ring (bicyclic) bond motifs is 3. The number of aliphatic hydroxyl groups excluding tert-OH is 3. The molecule has 2 unspecified atom stereocenters. The summed E-state index contributed by atoms with van der Waals surface area (Å²) in [4.78, 5) is 52.0. The highest BCUT2D eigenvalue weighted by atomic mass is 16.5. The molecule has 0 radical (unpaired) electrons. The van der Waals surface area contributed by atoms with Crippen molar-refractivity contribution in [3.8, 4) is 5.75 Å². The summed E-state index contributed by atoms with van der Waals surface area (Å²) in [6, 6.07) is 1.24. The van der Waals surface area contributed by atoms with Gasteiger partial charge in [0.1, 0.15) is 28.4 Å². The monoisotopic (exact) mass is 488 g/mol. The molecule has 0 bridgehead atoms. The van der Waals surface area contributed by atoms with Crippen molar-refractivity contribution in [2.45, 2.75) is 24.2 Å². The molecule has 1 aromatic rings. The van der Waals surface area contributed by atoms with Crippen molar-refractivity contribution >= 4 is 29.2 Å². The van der Waals surface area contributed by atoms with Crippen LogP contribution in [0, 0.1) is 11.8 Å². The van der Waals surface area contributed by atoms with E-state index in [1.807, 2.05) is 0 Å². The Morgan fingerprint density at radius 2 is 1.80 bits per heavy atom. The molecule has 1 aromatic carbocycles. The fraction of sp³-hybridized carbons (Fsp3) is 0.391. The maximum atomic E-state index is 13.7. The lowest BCUT2D eigenvalue weighted by Crippen LogP contribution is -2.70. The number of phenols is 1. The normalized spacial score (nSPS) is 30.1. The van der Waals surface area contributed by atoms with Crippen molar-refractivity contribution in [2.24, 2.45) is 17.6 Å². The van der Waals surface area contributed by atoms with Gasteiger partial charge < -0.3 is 36.0 Å². The van der Waals surface area contributed by atoms with Crippen molar-refractivity contribution in [1.29, 1.82) is 0 Å². The van der Waals surface area contributed by atoms with Crippen LogP contribution < -0.4 is 5.73 Å². The molecule has 1 fully saturated rings. The molecular formula is C23H24N2O10. The molecule has 5 atom stereocenters. The van der Waals surface area contributed by atoms with Crippen LogP contribution in [0.2, 0.25) is 0 Å². The number of amides is 1. The highest BCUT2D eigenvalue weighted by Crippen LogP contribution is 2.52. The number of nitrogens with two attached hydrogens (primary N) is 1. The van der Waals surface area contributed by atoms with Gasteiger partial charge in [-0.2, -0.15) is 0 Å². The Hall–Kier alpha value is -3.74. The first kappa shape index (κ1) is 24.4. The lowest BCUT2D eigenvalue weighted by Gasteiger charge is -2.52. The van der Waals surface area contributed by atoms with Gasteiger partial charge in [-0.15, -0.1) is 0 Å². The molecule has 0 aromatic heterocycles. The number of hydrogen-bond donors (Lipinski definition) is 6. The van der Waals surface area contributed by atoms with Crippen LogP contribution in [0.4, 0.5) is 0 Å². The molecule has 12 nitrogen and oxygen atoms in total. The summed E-state index contributed by atoms with van der Waals surface area (Å²) in [5, 5.41) is 55.3. The van der Waals surface area contributed by atoms with Crippen LogP contribution in [0.5, 0.6) is 5.75 Å². The molecule has 35 heavy (non-hydrogen) atoms. The van der Waals surface area contributed by atoms with E-state index in [4.69, 9.17) is 5.73 Å². The van der Waals surface area contributed by atoms with Crippen LogP contribution in [0.25, 0.3) is 5.76 Å². The second kappa shape index (κ2) is 7.90. The first-order chi connectivity index (χ1) is 16.3. The number of ketones is 2. The maximum absolute atomic E-state index is 13.7. The molecule has 0 saturated heterocycles. The number of aromatic hydroxyl groups is 1. The van der Waals surface area contributed by atoms with Gasteiger partial charge in [0.05, 0.1) is 30.7 Å². The first-order valence-corrected chi connectivity index (χ1v) is 10.6. The van der Waals surface area contributed by atoms with E-state index >= 15 is 0 Å². The number of likely N-dealkylation sites (N-methyl/N-ethyl adjacent to an activating group) is 1. The summed E-state index contributed by atoms with van der Waals surface area (Å²) in [5.74, 6) is -10.2. The minimum absolute atomic E-state index is 0.120. The molecular weight excluding hydrogens is 464 g/mol. The van der Waals surface area contributed by atoms with Gasteiger partial charge in [0.25, 0.3) is 5.91 Å². The van der Waals surface area contributed by atoms with Crippen LogP contribution in [-0.4, -0.2) is 92.8 Å². The van der Waals surface area contributed by atoms with Crippen molar-refractivity contribution in [2.75, 3.05) is 21.2 Å². The number of nitrogens with zero attached hydrogens (tertiary/aromatic N) is 1. The van der Waals surface area contributed by atoms with Gasteiger partial charge in [-0.05, 0) is 32.1 Å². The molecule has 0 aliphatic heterocycles. The van der Waals surface area contributed by atoms with Gasteiger partial charge in [0.15, 0.2) is 11.4 Å². The van der Waals surface area contributed by atoms with Crippen LogP contribution in [0.15, 0.2) is 29.0 Å². The highest BCUT2D eigenvalue weighted by molar-refractivity contribution is 6.24. The predicted molar refractivity (Wildman–Crippen MR) is 117 cm³/mol. The Bertz CT molecular complexity index is 1260. The van der Waals surface area contributed by atoms with E-state index in [1.165, 1.54) is 31.1 Å². The number of aliphatic hydroxyl groups is 4. The number of hydrogen-bond acceptors (Lipinski definition) is 11. The molecule has 4 rings (SSSR count). The lowest BCUT2D eigenvalue weighted by molar-refractivity contribution is -0.168. The van der Waals surface area contributed by atoms with E-state index in [9.17, 15) is 44.7 Å². The fourth-order valence-corrected chi connectivity index (χ4v) is 5.51. The van der Waals surface area contributed by atoms with Crippen molar-refractivity contribution < 1.29 is 49.4 Å². The summed E-state index contributed by atoms with van der Waals surface area (Å²) >= 11 is 0. The van der Waals surface area contributed by atoms with Crippen molar-refractivity contribution in [1.82, 2.24) is 4.90 Å². The number of phenolic OH excluding ortho intramolecular Hbond substituents is 1. The molecule has 1 saturated carbocycles. The smallest absolute Gasteiger partial charge is 0.341 e. The summed E-state index contributed by atoms with van der Waals surface area (Å²) in [7, 11) is 3.93. The predicted octanol–water partition coefficient (Wildman–Crippen LogP) is -1.28. The molecule has 3 aliphatic carbocycles. The average Bonchev–Trinajstić information content (AvgIpc) is 2.78. The van der Waals surface area contributed by atoms with Crippen molar-refractivity contribution in [3.05, 3.63) is 45.7 Å². The molecule has 12 heteroatoms. The standard InChI is InChI=1S/C23H24N2O10/c1-25(2)14-13-16(27)9-6-7-4-5-8(22(33)35-3)15(26)10(7)17(28)11(9)19(30)23(13,34)20(31)12(18(14)29)21(24)32/h4-5,9,13-14,16,26-28,31,34H,6H2,1-3H3,(H2,24,32)/t9?,13?,14-,16-,23-/m0/s1. The van der Waals surface area contributed by atoms with E-state index < -0.39 is 81.4 Å². The summed E-state index contributed by atoms with van der Waals surface area (Å²) < 4.78 is 4.60. The van der Waals surface area contributed by atoms with E-state index in [2.05, 4.69) is 4.74 Å². The number of rotatable bonds is 3. The van der Waals surface area contributed by atoms with E-state index in [0.29, 0.717) is 0 Å². The summed E-state index contributed by atoms with van der Waals surface area (Å²) in [5.41, 5.74) is 0.432. The second-order valence-corrected chi connectivity index (χ2v) is 9.03. The summed E-state index contributed by atoms with van der Waals surface area (Å²) in [6.07, 6.45) is -1.79. The molecule has 1 amide bonds. The number of methoxy groups -OCH3 is 1. The minimum Gasteiger partial charge on any atom is -0.508 e. The SMILES string of the molecule is COC(=O)c1ccc2c(c1O)C(O)=C1C(=O)[C@]3(O)C(O)=C(C(N)=O)C(=O)[C@@H](N(C)C)C3[C@@H](O)C1C2. The third-order valence-electron chi connectivity index (χ3n) is 7.08. The third kappa shape index (κ3) is 3.03. The topological polar surface area (TPSA) is 208 Å². The zero-order valence-corrected chi connectivity index (χ0v) is 19.0. The van der Waals surface area contributed by atoms with Gasteiger partial charge >= 0.3 is 5.97 Å². The van der Waals surface area contributed by atoms with Crippen LogP contribution >= 0.6 is 0 Å². The Labute approximate surface area is 198 Å². The van der Waals surface area contributed by atoms with Gasteiger partial charge in [0, 0.05) is 11.5 Å². The van der Waals surface area contributed by atoms with Gasteiger partial charge in [-0.1, -0.05) is 6.07 Å². The Morgan fingerprint density at radius 3 is 2.34 bits per heavy atom. The number of Topliss-reactive ketones (excluding diaryl/α,β-unsaturated/α-hetero) is 2. The number of carbonyl (C=O) groups excluding carboxylic acids is 4. The molecule has 0 heterocycles. The second-order valence-electron chi connectivity index (χ2n) is 9.03. The van der Waals surface area contributed by atoms with E-state index in [1.54, 1.807) is 0 Å². The van der Waals surface area contributed by atoms with Crippen LogP contribution in [-0.2, 0) is 25.5 Å². The zero-order valence-electron chi connectivity index (χ0n) is 19.0. The Kier molecular flexibility index (Phi) is 5.51. The summed E-state index contributed by atoms with van der Waals surface area (Å²) in [6.45, 7) is 0. The van der Waals surface area contributed by atoms with E-state index in [-0.39, 0.29) is 23.1 Å². The highest BCUT2D eigenvalue weighted by Gasteiger charge is 2.67. The van der Waals surface area contributed by atoms with Crippen molar-refractivity contribution in [3.63, 3.8) is 0 Å². The third-order valence-corrected chi connectivity index (χ3v) is 7.08. The number of carbonyl (C=O) groups is 4. The molecule has 0 spiro atoms. The van der Waals surface area contributed by atoms with E-state index in [0.717, 1.165) is 7.11 Å². The Morgan fingerprint density at radius 1 is 1.17 bits per heavy atom. The zero-order chi connectivity index (χ0) is 26.1. The largest absolute Gasteiger partial charge is 0.508 e. The van der Waals surface area contributed by atoms with Gasteiger partial charge in [-0.3, -0.25) is 19.3 Å². The fourth-order valence-electron chi connectivity index (χ4n) is 5.51. The first-order valence-electron chi connectivity index (χ1n) is 10.6. The van der Waals surface area contributed by atoms with Crippen LogP contribution in [0.1, 0.15) is 21.5 Å². The average molecular weight is 488 g/mol. The quantitative estimate of drug-likeness (QED) is 0.218. The Balaban J connectivity index is 2.01. The number of benzene rings is 1. The molecule has 7 N–H and O–H groups in total. The lowest BCUT2D eigenvalue weighted by atomic mass is 9.56. The van der Waals surface area contributed by atoms with Crippen LogP contribution in [0.3, 0.4) is 0 Å². The number of esters is 1. The maximum Gasteiger partial charge on any atom is 0.341 e. The molecule has 186 valence electrons.